The highest BCUT2D eigenvalue weighted by Gasteiger charge is 2.47. The molecule has 0 aliphatic carbocycles. The second-order valence-electron chi connectivity index (χ2n) is 9.50. The Hall–Kier alpha value is -4.26. The van der Waals surface area contributed by atoms with Gasteiger partial charge >= 0.3 is 0 Å². The van der Waals surface area contributed by atoms with Gasteiger partial charge in [0.05, 0.1) is 24.8 Å². The number of hydrogen-bond acceptors (Lipinski definition) is 6. The minimum Gasteiger partial charge on any atom is -0.507 e. The molecule has 1 unspecified atom stereocenters. The van der Waals surface area contributed by atoms with Gasteiger partial charge in [0, 0.05) is 17.7 Å². The third-order valence-corrected chi connectivity index (χ3v) is 6.84. The summed E-state index contributed by atoms with van der Waals surface area (Å²) in [6.45, 7) is 6.84. The molecule has 2 N–H and O–H groups in total. The minimum absolute atomic E-state index is 0.0232. The Morgan fingerprint density at radius 3 is 2.54 bits per heavy atom. The second kappa shape index (κ2) is 9.65. The summed E-state index contributed by atoms with van der Waals surface area (Å²) in [5.74, 6) is -0.547. The van der Waals surface area contributed by atoms with Crippen LogP contribution in [0.2, 0.25) is 0 Å². The molecule has 3 aromatic carbocycles. The number of fused-ring (bicyclic) bond motifs is 1. The number of aromatic hydroxyl groups is 1. The zero-order valence-corrected chi connectivity index (χ0v) is 21.0. The van der Waals surface area contributed by atoms with Gasteiger partial charge in [-0.05, 0) is 72.0 Å². The van der Waals surface area contributed by atoms with Gasteiger partial charge in [-0.1, -0.05) is 32.0 Å². The standard InChI is InChI=1S/C30H29NO6/c1-4-36-25-16-20(7-11-23(25)32)27-26(28(33)21-8-12-24-19(15-21)13-14-37-24)29(34)30(35)31(27)22-9-5-18(6-10-22)17(2)3/h5-12,15-17,27,32-33H,4,13-14H2,1-3H3/b28-26+. The summed E-state index contributed by atoms with van der Waals surface area (Å²) >= 11 is 0. The molecule has 0 spiro atoms. The maximum Gasteiger partial charge on any atom is 0.300 e. The topological polar surface area (TPSA) is 96.3 Å². The van der Waals surface area contributed by atoms with Gasteiger partial charge < -0.3 is 19.7 Å². The SMILES string of the molecule is CCOc1cc(C2/C(=C(\O)c3ccc4c(c3)CCO4)C(=O)C(=O)N2c2ccc(C(C)C)cc2)ccc1O. The summed E-state index contributed by atoms with van der Waals surface area (Å²) < 4.78 is 11.1. The molecule has 1 atom stereocenters. The average Bonchev–Trinajstić information content (AvgIpc) is 3.47. The first-order valence-corrected chi connectivity index (χ1v) is 12.4. The first-order valence-electron chi connectivity index (χ1n) is 12.4. The van der Waals surface area contributed by atoms with Crippen LogP contribution in [0, 0.1) is 0 Å². The van der Waals surface area contributed by atoms with Crippen molar-refractivity contribution in [2.45, 2.75) is 39.2 Å². The van der Waals surface area contributed by atoms with E-state index in [9.17, 15) is 19.8 Å². The van der Waals surface area contributed by atoms with Crippen LogP contribution in [0.5, 0.6) is 17.2 Å². The van der Waals surface area contributed by atoms with Gasteiger partial charge in [-0.25, -0.2) is 0 Å². The molecule has 190 valence electrons. The summed E-state index contributed by atoms with van der Waals surface area (Å²) in [7, 11) is 0. The molecule has 2 heterocycles. The van der Waals surface area contributed by atoms with Crippen molar-refractivity contribution in [1.29, 1.82) is 0 Å². The van der Waals surface area contributed by atoms with Gasteiger partial charge in [0.2, 0.25) is 0 Å². The van der Waals surface area contributed by atoms with Gasteiger partial charge in [-0.15, -0.1) is 0 Å². The molecule has 0 aromatic heterocycles. The van der Waals surface area contributed by atoms with Gasteiger partial charge in [-0.3, -0.25) is 14.5 Å². The fraction of sp³-hybridized carbons (Fsp3) is 0.267. The van der Waals surface area contributed by atoms with Crippen molar-refractivity contribution in [2.75, 3.05) is 18.1 Å². The maximum absolute atomic E-state index is 13.5. The minimum atomic E-state index is -0.922. The lowest BCUT2D eigenvalue weighted by Crippen LogP contribution is -2.29. The number of ketones is 1. The number of benzene rings is 3. The first kappa shape index (κ1) is 24.4. The Morgan fingerprint density at radius 2 is 1.84 bits per heavy atom. The van der Waals surface area contributed by atoms with Crippen LogP contribution < -0.4 is 14.4 Å². The number of rotatable bonds is 6. The summed E-state index contributed by atoms with van der Waals surface area (Å²) in [6, 6.07) is 16.5. The number of phenolic OH excluding ortho intramolecular Hbond substituents is 1. The molecule has 2 aliphatic heterocycles. The number of carbonyl (C=O) groups excluding carboxylic acids is 2. The number of amides is 1. The molecule has 0 radical (unpaired) electrons. The van der Waals surface area contributed by atoms with Gasteiger partial charge in [-0.2, -0.15) is 0 Å². The summed E-state index contributed by atoms with van der Waals surface area (Å²) in [5.41, 5.74) is 3.50. The Labute approximate surface area is 215 Å². The Bertz CT molecular complexity index is 1410. The van der Waals surface area contributed by atoms with E-state index in [2.05, 4.69) is 13.8 Å². The highest BCUT2D eigenvalue weighted by Crippen LogP contribution is 2.44. The number of aliphatic hydroxyl groups excluding tert-OH is 1. The predicted molar refractivity (Wildman–Crippen MR) is 140 cm³/mol. The van der Waals surface area contributed by atoms with E-state index in [1.165, 1.54) is 11.0 Å². The van der Waals surface area contributed by atoms with Crippen LogP contribution in [-0.4, -0.2) is 35.1 Å². The highest BCUT2D eigenvalue weighted by molar-refractivity contribution is 6.51. The van der Waals surface area contributed by atoms with Crippen LogP contribution in [0.25, 0.3) is 5.76 Å². The van der Waals surface area contributed by atoms with Crippen LogP contribution in [0.4, 0.5) is 5.69 Å². The predicted octanol–water partition coefficient (Wildman–Crippen LogP) is 5.48. The Kier molecular flexibility index (Phi) is 6.38. The Morgan fingerprint density at radius 1 is 1.08 bits per heavy atom. The lowest BCUT2D eigenvalue weighted by molar-refractivity contribution is -0.132. The van der Waals surface area contributed by atoms with Crippen LogP contribution in [0.15, 0.2) is 66.2 Å². The van der Waals surface area contributed by atoms with Crippen molar-refractivity contribution in [3.8, 4) is 17.2 Å². The monoisotopic (exact) mass is 499 g/mol. The highest BCUT2D eigenvalue weighted by atomic mass is 16.5. The van der Waals surface area contributed by atoms with E-state index in [-0.39, 0.29) is 22.8 Å². The van der Waals surface area contributed by atoms with Crippen LogP contribution >= 0.6 is 0 Å². The number of Topliss-reactive ketones (excluding diaryl/α,β-unsaturated/α-hetero) is 1. The van der Waals surface area contributed by atoms with E-state index < -0.39 is 17.7 Å². The van der Waals surface area contributed by atoms with E-state index >= 15 is 0 Å². The lowest BCUT2D eigenvalue weighted by atomic mass is 9.94. The van der Waals surface area contributed by atoms with E-state index in [1.54, 1.807) is 37.3 Å². The molecule has 3 aromatic rings. The van der Waals surface area contributed by atoms with Crippen molar-refractivity contribution in [1.82, 2.24) is 0 Å². The average molecular weight is 500 g/mol. The van der Waals surface area contributed by atoms with Crippen molar-refractivity contribution in [3.63, 3.8) is 0 Å². The van der Waals surface area contributed by atoms with E-state index in [0.717, 1.165) is 16.9 Å². The van der Waals surface area contributed by atoms with Gasteiger partial charge in [0.15, 0.2) is 11.5 Å². The summed E-state index contributed by atoms with van der Waals surface area (Å²) in [6.07, 6.45) is 0.700. The molecule has 1 saturated heterocycles. The van der Waals surface area contributed by atoms with Gasteiger partial charge in [0.25, 0.3) is 11.7 Å². The summed E-state index contributed by atoms with van der Waals surface area (Å²) in [5, 5.41) is 21.7. The Balaban J connectivity index is 1.69. The van der Waals surface area contributed by atoms with Crippen LogP contribution in [0.3, 0.4) is 0 Å². The maximum atomic E-state index is 13.5. The van der Waals surface area contributed by atoms with Crippen LogP contribution in [-0.2, 0) is 16.0 Å². The molecule has 37 heavy (non-hydrogen) atoms. The number of aliphatic hydroxyl groups is 1. The zero-order chi connectivity index (χ0) is 26.3. The molecule has 0 saturated carbocycles. The molecule has 1 amide bonds. The molecular weight excluding hydrogens is 470 g/mol. The number of nitrogens with zero attached hydrogens (tertiary/aromatic N) is 1. The molecule has 1 fully saturated rings. The number of anilines is 1. The molecular formula is C30H29NO6. The van der Waals surface area contributed by atoms with Gasteiger partial charge in [0.1, 0.15) is 11.5 Å². The van der Waals surface area contributed by atoms with Crippen molar-refractivity contribution in [2.24, 2.45) is 0 Å². The quantitative estimate of drug-likeness (QED) is 0.265. The number of phenols is 1. The summed E-state index contributed by atoms with van der Waals surface area (Å²) in [4.78, 5) is 28.3. The van der Waals surface area contributed by atoms with E-state index in [4.69, 9.17) is 9.47 Å². The number of hydrogen-bond donors (Lipinski definition) is 2. The molecule has 7 heteroatoms. The second-order valence-corrected chi connectivity index (χ2v) is 9.50. The van der Waals surface area contributed by atoms with Crippen LogP contribution in [0.1, 0.15) is 55.0 Å². The van der Waals surface area contributed by atoms with Crippen molar-refractivity contribution in [3.05, 3.63) is 88.5 Å². The fourth-order valence-electron chi connectivity index (χ4n) is 4.90. The van der Waals surface area contributed by atoms with E-state index in [0.29, 0.717) is 42.4 Å². The number of ether oxygens (including phenoxy) is 2. The number of carbonyl (C=O) groups is 2. The van der Waals surface area contributed by atoms with Crippen molar-refractivity contribution < 1.29 is 29.3 Å². The zero-order valence-electron chi connectivity index (χ0n) is 21.0. The van der Waals surface area contributed by atoms with E-state index in [1.807, 2.05) is 24.3 Å². The largest absolute Gasteiger partial charge is 0.507 e. The smallest absolute Gasteiger partial charge is 0.300 e. The third-order valence-electron chi connectivity index (χ3n) is 6.84. The molecule has 5 rings (SSSR count). The molecule has 0 bridgehead atoms. The first-order chi connectivity index (χ1) is 17.8. The lowest BCUT2D eigenvalue weighted by Gasteiger charge is -2.26. The normalized spacial score (nSPS) is 18.3. The molecule has 2 aliphatic rings. The van der Waals surface area contributed by atoms with Crippen molar-refractivity contribution >= 4 is 23.1 Å². The fourth-order valence-corrected chi connectivity index (χ4v) is 4.90. The third kappa shape index (κ3) is 4.31. The molecule has 7 nitrogen and oxygen atoms in total.